The van der Waals surface area contributed by atoms with Gasteiger partial charge >= 0.3 is 0 Å². The molecule has 3 rings (SSSR count). The standard InChI is InChI=1S/C18H22N4O2S2/c1-4-14-12(3)25-10-15(14)17-20-21-18(22(17)5-2)26-11-16(23)19-9-13-7-6-8-24-13/h6-8,10H,4-5,9,11H2,1-3H3,(H,19,23). The Morgan fingerprint density at radius 3 is 2.92 bits per heavy atom. The van der Waals surface area contributed by atoms with E-state index in [4.69, 9.17) is 4.42 Å². The molecule has 0 saturated carbocycles. The summed E-state index contributed by atoms with van der Waals surface area (Å²) in [6, 6.07) is 3.64. The van der Waals surface area contributed by atoms with Crippen LogP contribution in [0, 0.1) is 6.92 Å². The van der Waals surface area contributed by atoms with Crippen molar-refractivity contribution in [3.05, 3.63) is 40.0 Å². The van der Waals surface area contributed by atoms with Crippen molar-refractivity contribution in [2.24, 2.45) is 0 Å². The van der Waals surface area contributed by atoms with Gasteiger partial charge in [0.15, 0.2) is 11.0 Å². The molecule has 3 aromatic rings. The smallest absolute Gasteiger partial charge is 0.230 e. The van der Waals surface area contributed by atoms with Gasteiger partial charge in [-0.2, -0.15) is 0 Å². The van der Waals surface area contributed by atoms with Crippen LogP contribution in [0.15, 0.2) is 33.3 Å². The minimum absolute atomic E-state index is 0.0563. The molecule has 8 heteroatoms. The largest absolute Gasteiger partial charge is 0.467 e. The number of carbonyl (C=O) groups excluding carboxylic acids is 1. The Morgan fingerprint density at radius 2 is 2.23 bits per heavy atom. The van der Waals surface area contributed by atoms with Crippen molar-refractivity contribution < 1.29 is 9.21 Å². The van der Waals surface area contributed by atoms with Gasteiger partial charge < -0.3 is 14.3 Å². The van der Waals surface area contributed by atoms with Crippen LogP contribution in [-0.4, -0.2) is 26.4 Å². The van der Waals surface area contributed by atoms with E-state index in [9.17, 15) is 4.79 Å². The van der Waals surface area contributed by atoms with Crippen molar-refractivity contribution in [1.29, 1.82) is 0 Å². The average molecular weight is 391 g/mol. The van der Waals surface area contributed by atoms with E-state index in [-0.39, 0.29) is 5.91 Å². The third-order valence-corrected chi connectivity index (χ3v) is 6.02. The molecule has 6 nitrogen and oxygen atoms in total. The normalized spacial score (nSPS) is 11.0. The number of thioether (sulfide) groups is 1. The highest BCUT2D eigenvalue weighted by Crippen LogP contribution is 2.32. The molecule has 1 N–H and O–H groups in total. The first kappa shape index (κ1) is 18.7. The van der Waals surface area contributed by atoms with E-state index in [0.29, 0.717) is 12.3 Å². The van der Waals surface area contributed by atoms with Crippen molar-refractivity contribution in [2.45, 2.75) is 45.4 Å². The van der Waals surface area contributed by atoms with Crippen molar-refractivity contribution in [2.75, 3.05) is 5.75 Å². The van der Waals surface area contributed by atoms with E-state index < -0.39 is 0 Å². The Kier molecular flexibility index (Phi) is 6.16. The highest BCUT2D eigenvalue weighted by atomic mass is 32.2. The number of hydrogen-bond donors (Lipinski definition) is 1. The molecule has 0 aliphatic heterocycles. The second-order valence-corrected chi connectivity index (χ2v) is 7.76. The quantitative estimate of drug-likeness (QED) is 0.591. The van der Waals surface area contributed by atoms with Crippen LogP contribution in [0.4, 0.5) is 0 Å². The maximum Gasteiger partial charge on any atom is 0.230 e. The van der Waals surface area contributed by atoms with Crippen molar-refractivity contribution >= 4 is 29.0 Å². The van der Waals surface area contributed by atoms with Gasteiger partial charge in [-0.25, -0.2) is 0 Å². The van der Waals surface area contributed by atoms with Crippen LogP contribution in [0.2, 0.25) is 0 Å². The number of thiophene rings is 1. The van der Waals surface area contributed by atoms with Gasteiger partial charge in [-0.05, 0) is 38.0 Å². The van der Waals surface area contributed by atoms with Gasteiger partial charge in [0.2, 0.25) is 5.91 Å². The second-order valence-electron chi connectivity index (χ2n) is 5.73. The Labute approximate surface area is 161 Å². The van der Waals surface area contributed by atoms with Crippen LogP contribution in [-0.2, 0) is 24.3 Å². The van der Waals surface area contributed by atoms with Crippen LogP contribution >= 0.6 is 23.1 Å². The number of rotatable bonds is 8. The molecule has 0 unspecified atom stereocenters. The first-order valence-corrected chi connectivity index (χ1v) is 10.4. The lowest BCUT2D eigenvalue weighted by Gasteiger charge is -2.08. The average Bonchev–Trinajstić information content (AvgIpc) is 3.37. The zero-order valence-electron chi connectivity index (χ0n) is 15.1. The summed E-state index contributed by atoms with van der Waals surface area (Å²) in [5.74, 6) is 1.86. The SMILES string of the molecule is CCc1c(-c2nnc(SCC(=O)NCc3ccco3)n2CC)csc1C. The molecule has 0 fully saturated rings. The number of amides is 1. The fourth-order valence-electron chi connectivity index (χ4n) is 2.77. The monoisotopic (exact) mass is 390 g/mol. The summed E-state index contributed by atoms with van der Waals surface area (Å²) >= 11 is 3.14. The van der Waals surface area contributed by atoms with Gasteiger partial charge in [-0.3, -0.25) is 4.79 Å². The predicted molar refractivity (Wildman–Crippen MR) is 104 cm³/mol. The fraction of sp³-hybridized carbons (Fsp3) is 0.389. The number of furan rings is 1. The molecule has 0 aromatic carbocycles. The van der Waals surface area contributed by atoms with E-state index >= 15 is 0 Å². The molecule has 26 heavy (non-hydrogen) atoms. The Hall–Kier alpha value is -2.06. The van der Waals surface area contributed by atoms with E-state index in [1.807, 2.05) is 6.07 Å². The van der Waals surface area contributed by atoms with E-state index in [0.717, 1.165) is 35.3 Å². The van der Waals surface area contributed by atoms with Crippen molar-refractivity contribution in [3.63, 3.8) is 0 Å². The van der Waals surface area contributed by atoms with Crippen LogP contribution in [0.1, 0.15) is 30.0 Å². The molecule has 138 valence electrons. The fourth-order valence-corrected chi connectivity index (χ4v) is 4.54. The number of nitrogens with one attached hydrogen (secondary N) is 1. The zero-order valence-corrected chi connectivity index (χ0v) is 16.7. The zero-order chi connectivity index (χ0) is 18.5. The van der Waals surface area contributed by atoms with E-state index in [1.165, 1.54) is 22.2 Å². The van der Waals surface area contributed by atoms with Crippen LogP contribution in [0.5, 0.6) is 0 Å². The second kappa shape index (κ2) is 8.55. The summed E-state index contributed by atoms with van der Waals surface area (Å²) in [6.07, 6.45) is 2.57. The third kappa shape index (κ3) is 4.02. The molecule has 0 radical (unpaired) electrons. The van der Waals surface area contributed by atoms with Crippen molar-refractivity contribution in [3.8, 4) is 11.4 Å². The van der Waals surface area contributed by atoms with Crippen molar-refractivity contribution in [1.82, 2.24) is 20.1 Å². The minimum Gasteiger partial charge on any atom is -0.467 e. The first-order chi connectivity index (χ1) is 12.6. The number of aryl methyl sites for hydroxylation is 1. The molecule has 0 atom stereocenters. The van der Waals surface area contributed by atoms with E-state index in [2.05, 4.69) is 46.2 Å². The van der Waals surface area contributed by atoms with E-state index in [1.54, 1.807) is 23.7 Å². The van der Waals surface area contributed by atoms with Gasteiger partial charge in [0.1, 0.15) is 5.76 Å². The van der Waals surface area contributed by atoms with Crippen LogP contribution < -0.4 is 5.32 Å². The number of aromatic nitrogens is 3. The van der Waals surface area contributed by atoms with Gasteiger partial charge in [0.25, 0.3) is 0 Å². The third-order valence-electron chi connectivity index (χ3n) is 4.10. The maximum absolute atomic E-state index is 12.1. The highest BCUT2D eigenvalue weighted by Gasteiger charge is 2.18. The topological polar surface area (TPSA) is 73.0 Å². The lowest BCUT2D eigenvalue weighted by molar-refractivity contribution is -0.118. The lowest BCUT2D eigenvalue weighted by atomic mass is 10.1. The molecule has 0 saturated heterocycles. The molecule has 0 aliphatic carbocycles. The number of hydrogen-bond acceptors (Lipinski definition) is 6. The van der Waals surface area contributed by atoms with Crippen LogP contribution in [0.3, 0.4) is 0 Å². The Morgan fingerprint density at radius 1 is 1.38 bits per heavy atom. The molecular weight excluding hydrogens is 368 g/mol. The number of carbonyl (C=O) groups is 1. The van der Waals surface area contributed by atoms with Gasteiger partial charge in [-0.1, -0.05) is 18.7 Å². The maximum atomic E-state index is 12.1. The lowest BCUT2D eigenvalue weighted by Crippen LogP contribution is -2.24. The van der Waals surface area contributed by atoms with Gasteiger partial charge in [0.05, 0.1) is 18.6 Å². The summed E-state index contributed by atoms with van der Waals surface area (Å²) in [5, 5.41) is 14.5. The summed E-state index contributed by atoms with van der Waals surface area (Å²) in [7, 11) is 0. The molecule has 3 aromatic heterocycles. The molecule has 0 aliphatic rings. The summed E-state index contributed by atoms with van der Waals surface area (Å²) in [6.45, 7) is 7.52. The van der Waals surface area contributed by atoms with Gasteiger partial charge in [-0.15, -0.1) is 21.5 Å². The summed E-state index contributed by atoms with van der Waals surface area (Å²) < 4.78 is 7.29. The first-order valence-electron chi connectivity index (χ1n) is 8.56. The van der Waals surface area contributed by atoms with Gasteiger partial charge in [0, 0.05) is 22.4 Å². The number of nitrogens with zero attached hydrogens (tertiary/aromatic N) is 3. The Balaban J connectivity index is 1.67. The molecular formula is C18H22N4O2S2. The summed E-state index contributed by atoms with van der Waals surface area (Å²) in [4.78, 5) is 13.4. The molecule has 1 amide bonds. The predicted octanol–water partition coefficient (Wildman–Crippen LogP) is 3.90. The minimum atomic E-state index is -0.0563. The molecule has 0 spiro atoms. The summed E-state index contributed by atoms with van der Waals surface area (Å²) in [5.41, 5.74) is 2.48. The highest BCUT2D eigenvalue weighted by molar-refractivity contribution is 7.99. The molecule has 3 heterocycles. The molecule has 0 bridgehead atoms. The van der Waals surface area contributed by atoms with Crippen LogP contribution in [0.25, 0.3) is 11.4 Å². The Bertz CT molecular complexity index is 868.